The van der Waals surface area contributed by atoms with Crippen molar-refractivity contribution >= 4 is 29.2 Å². The average Bonchev–Trinajstić information content (AvgIpc) is 2.38. The molecule has 1 aliphatic heterocycles. The molecular formula is C12H13ClN2O4. The average molecular weight is 285 g/mol. The van der Waals surface area contributed by atoms with Crippen molar-refractivity contribution < 1.29 is 19.1 Å². The summed E-state index contributed by atoms with van der Waals surface area (Å²) in [7, 11) is 0. The molecule has 0 bridgehead atoms. The molecule has 0 saturated carbocycles. The third kappa shape index (κ3) is 3.51. The van der Waals surface area contributed by atoms with Crippen LogP contribution in [0.2, 0.25) is 0 Å². The van der Waals surface area contributed by atoms with Crippen LogP contribution in [-0.2, 0) is 4.79 Å². The van der Waals surface area contributed by atoms with Crippen molar-refractivity contribution in [2.75, 3.05) is 18.5 Å². The Morgan fingerprint density at radius 3 is 2.63 bits per heavy atom. The summed E-state index contributed by atoms with van der Waals surface area (Å²) in [4.78, 5) is 22.7. The molecule has 0 aliphatic carbocycles. The number of imide groups is 1. The zero-order chi connectivity index (χ0) is 13.8. The van der Waals surface area contributed by atoms with Crippen LogP contribution in [0.15, 0.2) is 18.2 Å². The fourth-order valence-electron chi connectivity index (χ4n) is 1.49. The number of alkyl halides is 1. The molecule has 1 atom stereocenters. The maximum atomic E-state index is 11.5. The van der Waals surface area contributed by atoms with Crippen LogP contribution in [0.3, 0.4) is 0 Å². The van der Waals surface area contributed by atoms with E-state index in [1.165, 1.54) is 6.92 Å². The van der Waals surface area contributed by atoms with E-state index in [0.29, 0.717) is 30.4 Å². The fourth-order valence-corrected chi connectivity index (χ4v) is 1.55. The molecule has 2 rings (SSSR count). The Balaban J connectivity index is 1.99. The number of hydrogen-bond acceptors (Lipinski definition) is 4. The number of carbonyl (C=O) groups excluding carboxylic acids is 2. The zero-order valence-corrected chi connectivity index (χ0v) is 11.0. The summed E-state index contributed by atoms with van der Waals surface area (Å²) < 4.78 is 10.7. The van der Waals surface area contributed by atoms with E-state index in [2.05, 4.69) is 10.6 Å². The molecule has 0 aromatic heterocycles. The first-order valence-electron chi connectivity index (χ1n) is 5.72. The molecule has 2 N–H and O–H groups in total. The minimum atomic E-state index is -0.772. The molecule has 1 aromatic carbocycles. The van der Waals surface area contributed by atoms with Gasteiger partial charge in [0.1, 0.15) is 18.6 Å². The van der Waals surface area contributed by atoms with Crippen molar-refractivity contribution in [1.82, 2.24) is 5.32 Å². The van der Waals surface area contributed by atoms with Crippen LogP contribution in [0.1, 0.15) is 6.92 Å². The minimum Gasteiger partial charge on any atom is -0.486 e. The second kappa shape index (κ2) is 5.79. The number of carbonyl (C=O) groups is 2. The van der Waals surface area contributed by atoms with E-state index in [1.807, 2.05) is 0 Å². The Morgan fingerprint density at radius 2 is 1.95 bits per heavy atom. The fraction of sp³-hybridized carbons (Fsp3) is 0.333. The van der Waals surface area contributed by atoms with E-state index in [-0.39, 0.29) is 0 Å². The van der Waals surface area contributed by atoms with E-state index in [9.17, 15) is 9.59 Å². The maximum Gasteiger partial charge on any atom is 0.325 e. The molecule has 6 nitrogen and oxygen atoms in total. The lowest BCUT2D eigenvalue weighted by atomic mass is 10.2. The highest BCUT2D eigenvalue weighted by Gasteiger charge is 2.15. The van der Waals surface area contributed by atoms with Crippen molar-refractivity contribution in [3.63, 3.8) is 0 Å². The van der Waals surface area contributed by atoms with Gasteiger partial charge in [-0.1, -0.05) is 0 Å². The van der Waals surface area contributed by atoms with Gasteiger partial charge in [-0.05, 0) is 19.1 Å². The van der Waals surface area contributed by atoms with Crippen LogP contribution >= 0.6 is 11.6 Å². The van der Waals surface area contributed by atoms with Gasteiger partial charge in [-0.3, -0.25) is 10.1 Å². The van der Waals surface area contributed by atoms with Crippen molar-refractivity contribution in [1.29, 1.82) is 0 Å². The van der Waals surface area contributed by atoms with Crippen LogP contribution in [-0.4, -0.2) is 30.5 Å². The molecule has 1 aromatic rings. The highest BCUT2D eigenvalue weighted by Crippen LogP contribution is 2.32. The first-order valence-corrected chi connectivity index (χ1v) is 6.15. The molecule has 0 saturated heterocycles. The van der Waals surface area contributed by atoms with Gasteiger partial charge in [0, 0.05) is 11.8 Å². The first-order chi connectivity index (χ1) is 9.06. The quantitative estimate of drug-likeness (QED) is 0.811. The van der Waals surface area contributed by atoms with Gasteiger partial charge in [-0.2, -0.15) is 0 Å². The van der Waals surface area contributed by atoms with Gasteiger partial charge in [0.2, 0.25) is 5.91 Å². The number of fused-ring (bicyclic) bond motifs is 1. The number of rotatable bonds is 2. The summed E-state index contributed by atoms with van der Waals surface area (Å²) >= 11 is 5.54. The third-order valence-electron chi connectivity index (χ3n) is 2.40. The highest BCUT2D eigenvalue weighted by atomic mass is 35.5. The van der Waals surface area contributed by atoms with Crippen LogP contribution in [0.5, 0.6) is 11.5 Å². The second-order valence-corrected chi connectivity index (χ2v) is 4.57. The molecule has 3 amide bonds. The Kier molecular flexibility index (Phi) is 4.11. The van der Waals surface area contributed by atoms with Crippen molar-refractivity contribution in [2.45, 2.75) is 12.3 Å². The smallest absolute Gasteiger partial charge is 0.325 e. The van der Waals surface area contributed by atoms with E-state index < -0.39 is 17.3 Å². The van der Waals surface area contributed by atoms with Crippen LogP contribution in [0.25, 0.3) is 0 Å². The summed E-state index contributed by atoms with van der Waals surface area (Å²) in [5.74, 6) is 0.625. The SMILES string of the molecule is C[C@@H](Cl)C(=O)NC(=O)Nc1ccc2c(c1)OCCO2. The summed E-state index contributed by atoms with van der Waals surface area (Å²) in [6, 6.07) is 4.33. The van der Waals surface area contributed by atoms with Crippen LogP contribution in [0, 0.1) is 0 Å². The second-order valence-electron chi connectivity index (χ2n) is 3.92. The van der Waals surface area contributed by atoms with Gasteiger partial charge in [-0.25, -0.2) is 4.79 Å². The zero-order valence-electron chi connectivity index (χ0n) is 10.2. The number of ether oxygens (including phenoxy) is 2. The van der Waals surface area contributed by atoms with Crippen LogP contribution < -0.4 is 20.1 Å². The van der Waals surface area contributed by atoms with Gasteiger partial charge < -0.3 is 14.8 Å². The lowest BCUT2D eigenvalue weighted by Crippen LogP contribution is -2.38. The Hall–Kier alpha value is -1.95. The number of hydrogen-bond donors (Lipinski definition) is 2. The normalized spacial score (nSPS) is 14.4. The summed E-state index contributed by atoms with van der Waals surface area (Å²) in [6.07, 6.45) is 0. The number of amides is 3. The number of anilines is 1. The predicted octanol–water partition coefficient (Wildman–Crippen LogP) is 1.73. The molecule has 0 unspecified atom stereocenters. The lowest BCUT2D eigenvalue weighted by Gasteiger charge is -2.19. The van der Waals surface area contributed by atoms with E-state index >= 15 is 0 Å². The predicted molar refractivity (Wildman–Crippen MR) is 69.9 cm³/mol. The first kappa shape index (κ1) is 13.5. The Labute approximate surface area is 115 Å². The Bertz CT molecular complexity index is 505. The summed E-state index contributed by atoms with van der Waals surface area (Å²) in [5.41, 5.74) is 0.497. The van der Waals surface area contributed by atoms with Gasteiger partial charge >= 0.3 is 6.03 Å². The largest absolute Gasteiger partial charge is 0.486 e. The molecular weight excluding hydrogens is 272 g/mol. The summed E-state index contributed by atoms with van der Waals surface area (Å²) in [6.45, 7) is 2.45. The topological polar surface area (TPSA) is 76.7 Å². The number of urea groups is 1. The van der Waals surface area contributed by atoms with Crippen molar-refractivity contribution in [2.24, 2.45) is 0 Å². The lowest BCUT2D eigenvalue weighted by molar-refractivity contribution is -0.119. The number of halogens is 1. The standard InChI is InChI=1S/C12H13ClN2O4/c1-7(13)11(16)15-12(17)14-8-2-3-9-10(6-8)19-5-4-18-9/h2-3,6-7H,4-5H2,1H3,(H2,14,15,16,17)/t7-/m1/s1. The maximum absolute atomic E-state index is 11.5. The highest BCUT2D eigenvalue weighted by molar-refractivity contribution is 6.31. The summed E-state index contributed by atoms with van der Waals surface area (Å²) in [5, 5.41) is 3.86. The molecule has 19 heavy (non-hydrogen) atoms. The van der Waals surface area contributed by atoms with E-state index in [0.717, 1.165) is 0 Å². The minimum absolute atomic E-state index is 0.463. The van der Waals surface area contributed by atoms with Crippen LogP contribution in [0.4, 0.5) is 10.5 Å². The molecule has 0 spiro atoms. The molecule has 7 heteroatoms. The molecule has 0 fully saturated rings. The molecule has 1 heterocycles. The molecule has 1 aliphatic rings. The number of benzene rings is 1. The van der Waals surface area contributed by atoms with Crippen molar-refractivity contribution in [3.05, 3.63) is 18.2 Å². The molecule has 0 radical (unpaired) electrons. The van der Waals surface area contributed by atoms with E-state index in [4.69, 9.17) is 21.1 Å². The number of nitrogens with one attached hydrogen (secondary N) is 2. The van der Waals surface area contributed by atoms with E-state index in [1.54, 1.807) is 18.2 Å². The van der Waals surface area contributed by atoms with Gasteiger partial charge in [0.15, 0.2) is 11.5 Å². The van der Waals surface area contributed by atoms with Gasteiger partial charge in [0.25, 0.3) is 0 Å². The van der Waals surface area contributed by atoms with Gasteiger partial charge in [-0.15, -0.1) is 11.6 Å². The Morgan fingerprint density at radius 1 is 1.26 bits per heavy atom. The molecule has 102 valence electrons. The van der Waals surface area contributed by atoms with Gasteiger partial charge in [0.05, 0.1) is 0 Å². The van der Waals surface area contributed by atoms with Crippen molar-refractivity contribution in [3.8, 4) is 11.5 Å². The third-order valence-corrected chi connectivity index (χ3v) is 2.60. The monoisotopic (exact) mass is 284 g/mol.